The normalized spacial score (nSPS) is 28.2. The Bertz CT molecular complexity index is 277. The molecule has 16 heavy (non-hydrogen) atoms. The molecule has 0 aromatic heterocycles. The van der Waals surface area contributed by atoms with Crippen molar-refractivity contribution in [3.63, 3.8) is 0 Å². The Morgan fingerprint density at radius 1 is 1.44 bits per heavy atom. The number of hydrogen-bond donors (Lipinski definition) is 2. The third-order valence-corrected chi connectivity index (χ3v) is 4.94. The zero-order valence-corrected chi connectivity index (χ0v) is 11.5. The topological polar surface area (TPSA) is 38.0 Å². The van der Waals surface area contributed by atoms with Crippen LogP contribution in [0.1, 0.15) is 33.6 Å². The molecule has 92 valence electrons. The molecule has 1 aliphatic rings. The van der Waals surface area contributed by atoms with Crippen LogP contribution in [-0.2, 0) is 0 Å². The Morgan fingerprint density at radius 3 is 2.75 bits per heavy atom. The van der Waals surface area contributed by atoms with Gasteiger partial charge in [-0.25, -0.2) is 0 Å². The number of rotatable bonds is 4. The SMILES string of the molecule is CC#CCCNC1(CN)CSCCC1(C)C. The fourth-order valence-electron chi connectivity index (χ4n) is 2.20. The van der Waals surface area contributed by atoms with Gasteiger partial charge >= 0.3 is 0 Å². The summed E-state index contributed by atoms with van der Waals surface area (Å²) in [6.07, 6.45) is 2.15. The van der Waals surface area contributed by atoms with Crippen molar-refractivity contribution in [2.75, 3.05) is 24.6 Å². The predicted molar refractivity (Wildman–Crippen MR) is 73.6 cm³/mol. The maximum absolute atomic E-state index is 6.02. The summed E-state index contributed by atoms with van der Waals surface area (Å²) >= 11 is 2.01. The molecule has 1 fully saturated rings. The first kappa shape index (κ1) is 13.9. The van der Waals surface area contributed by atoms with Crippen molar-refractivity contribution in [1.82, 2.24) is 5.32 Å². The Morgan fingerprint density at radius 2 is 2.19 bits per heavy atom. The van der Waals surface area contributed by atoms with Crippen LogP contribution >= 0.6 is 11.8 Å². The Balaban J connectivity index is 2.62. The lowest BCUT2D eigenvalue weighted by Gasteiger charge is -2.50. The van der Waals surface area contributed by atoms with Gasteiger partial charge in [0.1, 0.15) is 0 Å². The van der Waals surface area contributed by atoms with Gasteiger partial charge in [-0.05, 0) is 24.5 Å². The van der Waals surface area contributed by atoms with Crippen LogP contribution in [-0.4, -0.2) is 30.1 Å². The number of thioether (sulfide) groups is 1. The molecule has 0 aliphatic carbocycles. The summed E-state index contributed by atoms with van der Waals surface area (Å²) in [5.41, 5.74) is 6.39. The van der Waals surface area contributed by atoms with Crippen molar-refractivity contribution in [1.29, 1.82) is 0 Å². The molecule has 0 amide bonds. The van der Waals surface area contributed by atoms with Crippen LogP contribution < -0.4 is 11.1 Å². The Labute approximate surface area is 104 Å². The first-order valence-corrected chi connectivity index (χ1v) is 7.16. The summed E-state index contributed by atoms with van der Waals surface area (Å²) in [6.45, 7) is 8.21. The van der Waals surface area contributed by atoms with Gasteiger partial charge in [0, 0.05) is 30.8 Å². The van der Waals surface area contributed by atoms with E-state index < -0.39 is 0 Å². The average molecular weight is 240 g/mol. The van der Waals surface area contributed by atoms with Gasteiger partial charge in [0.15, 0.2) is 0 Å². The van der Waals surface area contributed by atoms with Crippen molar-refractivity contribution in [2.45, 2.75) is 39.2 Å². The lowest BCUT2D eigenvalue weighted by Crippen LogP contribution is -2.64. The zero-order chi connectivity index (χ0) is 12.1. The molecular weight excluding hydrogens is 216 g/mol. The Hall–Kier alpha value is -0.170. The van der Waals surface area contributed by atoms with Crippen molar-refractivity contribution in [2.24, 2.45) is 11.1 Å². The molecule has 0 saturated carbocycles. The van der Waals surface area contributed by atoms with E-state index >= 15 is 0 Å². The van der Waals surface area contributed by atoms with Crippen LogP contribution in [0.4, 0.5) is 0 Å². The molecule has 3 heteroatoms. The van der Waals surface area contributed by atoms with Gasteiger partial charge in [0.05, 0.1) is 0 Å². The second kappa shape index (κ2) is 5.95. The van der Waals surface area contributed by atoms with Crippen LogP contribution in [0.15, 0.2) is 0 Å². The molecule has 1 rings (SSSR count). The van der Waals surface area contributed by atoms with Gasteiger partial charge in [-0.2, -0.15) is 11.8 Å². The van der Waals surface area contributed by atoms with E-state index in [9.17, 15) is 0 Å². The van der Waals surface area contributed by atoms with Crippen molar-refractivity contribution in [3.8, 4) is 11.8 Å². The second-order valence-corrected chi connectivity index (χ2v) is 6.18. The van der Waals surface area contributed by atoms with E-state index in [4.69, 9.17) is 5.73 Å². The third kappa shape index (κ3) is 2.94. The minimum atomic E-state index is 0.0886. The summed E-state index contributed by atoms with van der Waals surface area (Å²) in [4.78, 5) is 0. The van der Waals surface area contributed by atoms with Crippen LogP contribution in [0, 0.1) is 17.3 Å². The lowest BCUT2D eigenvalue weighted by molar-refractivity contribution is 0.138. The molecule has 1 aliphatic heterocycles. The number of nitrogens with one attached hydrogen (secondary N) is 1. The number of hydrogen-bond acceptors (Lipinski definition) is 3. The van der Waals surface area contributed by atoms with Gasteiger partial charge in [-0.15, -0.1) is 11.8 Å². The molecule has 0 radical (unpaired) electrons. The summed E-state index contributed by atoms with van der Waals surface area (Å²) in [5, 5.41) is 3.66. The van der Waals surface area contributed by atoms with E-state index in [0.717, 1.165) is 18.7 Å². The van der Waals surface area contributed by atoms with E-state index in [2.05, 4.69) is 31.0 Å². The molecule has 3 N–H and O–H groups in total. The molecule has 1 atom stereocenters. The predicted octanol–water partition coefficient (Wildman–Crippen LogP) is 1.85. The fraction of sp³-hybridized carbons (Fsp3) is 0.846. The van der Waals surface area contributed by atoms with E-state index in [1.54, 1.807) is 0 Å². The van der Waals surface area contributed by atoms with Crippen molar-refractivity contribution >= 4 is 11.8 Å². The molecule has 2 nitrogen and oxygen atoms in total. The maximum Gasteiger partial charge on any atom is 0.0447 e. The van der Waals surface area contributed by atoms with Crippen molar-refractivity contribution in [3.05, 3.63) is 0 Å². The zero-order valence-electron chi connectivity index (χ0n) is 10.7. The highest BCUT2D eigenvalue weighted by atomic mass is 32.2. The monoisotopic (exact) mass is 240 g/mol. The quantitative estimate of drug-likeness (QED) is 0.582. The van der Waals surface area contributed by atoms with Crippen LogP contribution in [0.5, 0.6) is 0 Å². The molecule has 0 aromatic carbocycles. The molecule has 0 aromatic rings. The highest BCUT2D eigenvalue weighted by Crippen LogP contribution is 2.41. The van der Waals surface area contributed by atoms with Gasteiger partial charge in [-0.3, -0.25) is 0 Å². The summed E-state index contributed by atoms with van der Waals surface area (Å²) < 4.78 is 0. The van der Waals surface area contributed by atoms with E-state index in [0.29, 0.717) is 6.54 Å². The first-order chi connectivity index (χ1) is 7.58. The highest BCUT2D eigenvalue weighted by Gasteiger charge is 2.45. The minimum Gasteiger partial charge on any atom is -0.329 e. The molecule has 1 saturated heterocycles. The highest BCUT2D eigenvalue weighted by molar-refractivity contribution is 7.99. The van der Waals surface area contributed by atoms with E-state index in [1.165, 1.54) is 12.2 Å². The van der Waals surface area contributed by atoms with Gasteiger partial charge in [0.2, 0.25) is 0 Å². The van der Waals surface area contributed by atoms with Gasteiger partial charge in [-0.1, -0.05) is 13.8 Å². The second-order valence-electron chi connectivity index (χ2n) is 5.08. The van der Waals surface area contributed by atoms with E-state index in [1.807, 2.05) is 18.7 Å². The largest absolute Gasteiger partial charge is 0.329 e. The van der Waals surface area contributed by atoms with E-state index in [-0.39, 0.29) is 11.0 Å². The molecule has 0 bridgehead atoms. The first-order valence-electron chi connectivity index (χ1n) is 6.00. The van der Waals surface area contributed by atoms with Crippen LogP contribution in [0.2, 0.25) is 0 Å². The molecule has 1 unspecified atom stereocenters. The minimum absolute atomic E-state index is 0.0886. The van der Waals surface area contributed by atoms with Crippen LogP contribution in [0.25, 0.3) is 0 Å². The third-order valence-electron chi connectivity index (χ3n) is 3.75. The summed E-state index contributed by atoms with van der Waals surface area (Å²) in [5.74, 6) is 8.40. The summed E-state index contributed by atoms with van der Waals surface area (Å²) in [7, 11) is 0. The Kier molecular flexibility index (Phi) is 5.17. The summed E-state index contributed by atoms with van der Waals surface area (Å²) in [6, 6.07) is 0. The van der Waals surface area contributed by atoms with Crippen molar-refractivity contribution < 1.29 is 0 Å². The lowest BCUT2D eigenvalue weighted by atomic mass is 9.70. The fourth-order valence-corrected chi connectivity index (χ4v) is 3.95. The van der Waals surface area contributed by atoms with Gasteiger partial charge < -0.3 is 11.1 Å². The molecule has 1 heterocycles. The molecular formula is C13H24N2S. The number of nitrogens with two attached hydrogens (primary N) is 1. The maximum atomic E-state index is 6.02. The van der Waals surface area contributed by atoms with Crippen LogP contribution in [0.3, 0.4) is 0 Å². The standard InChI is InChI=1S/C13H24N2S/c1-4-5-6-8-15-13(10-14)11-16-9-7-12(13,2)3/h15H,6-11,14H2,1-3H3. The average Bonchev–Trinajstić information content (AvgIpc) is 2.26. The smallest absolute Gasteiger partial charge is 0.0447 e. The molecule has 0 spiro atoms. The van der Waals surface area contributed by atoms with Gasteiger partial charge in [0.25, 0.3) is 0 Å².